The van der Waals surface area contributed by atoms with E-state index in [0.29, 0.717) is 49.0 Å². The number of hydrogen-bond donors (Lipinski definition) is 1. The molecule has 10 heteroatoms. The molecular weight excluding hydrogens is 372 g/mol. The molecule has 0 aromatic carbocycles. The van der Waals surface area contributed by atoms with Gasteiger partial charge in [-0.3, -0.25) is 14.2 Å². The number of amides is 1. The molecule has 0 unspecified atom stereocenters. The van der Waals surface area contributed by atoms with Crippen LogP contribution in [0.2, 0.25) is 5.15 Å². The normalized spacial score (nSPS) is 14.5. The number of piperazine rings is 1. The monoisotopic (exact) mass is 392 g/mol. The number of aromatic nitrogens is 4. The van der Waals surface area contributed by atoms with Crippen molar-refractivity contribution in [2.24, 2.45) is 7.05 Å². The number of halogens is 1. The lowest BCUT2D eigenvalue weighted by atomic mass is 10.1. The fourth-order valence-electron chi connectivity index (χ4n) is 3.12. The number of rotatable bonds is 4. The van der Waals surface area contributed by atoms with E-state index in [-0.39, 0.29) is 17.9 Å². The van der Waals surface area contributed by atoms with Gasteiger partial charge in [0.25, 0.3) is 5.56 Å². The Balaban J connectivity index is 1.58. The van der Waals surface area contributed by atoms with Crippen molar-refractivity contribution in [3.63, 3.8) is 0 Å². The molecule has 0 aliphatic carbocycles. The molecule has 0 atom stereocenters. The van der Waals surface area contributed by atoms with Gasteiger partial charge in [-0.25, -0.2) is 4.79 Å². The van der Waals surface area contributed by atoms with Gasteiger partial charge in [0.05, 0.1) is 0 Å². The van der Waals surface area contributed by atoms with Gasteiger partial charge in [-0.15, -0.1) is 10.2 Å². The maximum absolute atomic E-state index is 12.5. The number of carbonyl (C=O) groups excluding carboxylic acids is 1. The molecule has 1 fully saturated rings. The molecule has 2 aromatic rings. The van der Waals surface area contributed by atoms with Crippen molar-refractivity contribution in [1.29, 1.82) is 0 Å². The molecule has 0 bridgehead atoms. The second kappa shape index (κ2) is 7.91. The summed E-state index contributed by atoms with van der Waals surface area (Å²) < 4.78 is 1.03. The van der Waals surface area contributed by atoms with Gasteiger partial charge in [0.2, 0.25) is 5.91 Å². The highest BCUT2D eigenvalue weighted by Crippen LogP contribution is 2.15. The number of aryl methyl sites for hydroxylation is 1. The van der Waals surface area contributed by atoms with E-state index < -0.39 is 5.69 Å². The molecule has 1 N–H and O–H groups in total. The van der Waals surface area contributed by atoms with E-state index in [4.69, 9.17) is 11.6 Å². The van der Waals surface area contributed by atoms with E-state index in [0.717, 1.165) is 10.4 Å². The molecule has 0 spiro atoms. The van der Waals surface area contributed by atoms with Crippen LogP contribution in [0, 0.1) is 6.92 Å². The summed E-state index contributed by atoms with van der Waals surface area (Å²) in [6.45, 7) is 4.13. The summed E-state index contributed by atoms with van der Waals surface area (Å²) >= 11 is 5.75. The van der Waals surface area contributed by atoms with E-state index in [1.54, 1.807) is 17.9 Å². The molecule has 9 nitrogen and oxygen atoms in total. The summed E-state index contributed by atoms with van der Waals surface area (Å²) in [5, 5.41) is 8.24. The fourth-order valence-corrected chi connectivity index (χ4v) is 3.22. The molecule has 2 aromatic heterocycles. The van der Waals surface area contributed by atoms with Crippen molar-refractivity contribution in [2.75, 3.05) is 31.1 Å². The number of aromatic amines is 1. The molecule has 0 saturated carbocycles. The molecule has 1 aliphatic heterocycles. The van der Waals surface area contributed by atoms with Crippen molar-refractivity contribution in [3.8, 4) is 0 Å². The number of H-pyrrole nitrogens is 1. The van der Waals surface area contributed by atoms with E-state index in [1.807, 2.05) is 6.07 Å². The highest BCUT2D eigenvalue weighted by Gasteiger charge is 2.22. The van der Waals surface area contributed by atoms with Crippen molar-refractivity contribution in [1.82, 2.24) is 24.6 Å². The molecular formula is C17H21ClN6O3. The highest BCUT2D eigenvalue weighted by atomic mass is 35.5. The topological polar surface area (TPSA) is 104 Å². The summed E-state index contributed by atoms with van der Waals surface area (Å²) in [7, 11) is 1.42. The first-order chi connectivity index (χ1) is 12.9. The van der Waals surface area contributed by atoms with Gasteiger partial charge in [0.1, 0.15) is 0 Å². The smallest absolute Gasteiger partial charge is 0.328 e. The third-order valence-electron chi connectivity index (χ3n) is 4.78. The van der Waals surface area contributed by atoms with Crippen LogP contribution in [-0.4, -0.2) is 56.7 Å². The molecule has 144 valence electrons. The summed E-state index contributed by atoms with van der Waals surface area (Å²) in [5.74, 6) is 0.725. The average molecular weight is 393 g/mol. The van der Waals surface area contributed by atoms with E-state index in [1.165, 1.54) is 7.05 Å². The minimum absolute atomic E-state index is 0.00973. The Labute approximate surface area is 160 Å². The van der Waals surface area contributed by atoms with Gasteiger partial charge in [-0.2, -0.15) is 0 Å². The Morgan fingerprint density at radius 3 is 2.52 bits per heavy atom. The van der Waals surface area contributed by atoms with Crippen LogP contribution in [0.1, 0.15) is 17.7 Å². The lowest BCUT2D eigenvalue weighted by molar-refractivity contribution is -0.131. The molecule has 1 amide bonds. The minimum atomic E-state index is -0.450. The predicted octanol–water partition coefficient (Wildman–Crippen LogP) is 0.107. The zero-order valence-electron chi connectivity index (χ0n) is 15.2. The number of nitrogens with zero attached hydrogens (tertiary/aromatic N) is 5. The van der Waals surface area contributed by atoms with Crippen LogP contribution < -0.4 is 16.1 Å². The number of carbonyl (C=O) groups is 1. The van der Waals surface area contributed by atoms with Crippen LogP contribution in [0.15, 0.2) is 21.7 Å². The van der Waals surface area contributed by atoms with Crippen LogP contribution in [0.3, 0.4) is 0 Å². The van der Waals surface area contributed by atoms with Gasteiger partial charge < -0.3 is 14.8 Å². The Morgan fingerprint density at radius 1 is 1.19 bits per heavy atom. The van der Waals surface area contributed by atoms with Crippen LogP contribution >= 0.6 is 11.6 Å². The number of anilines is 1. The maximum atomic E-state index is 12.5. The quantitative estimate of drug-likeness (QED) is 0.791. The number of nitrogens with one attached hydrogen (secondary N) is 1. The molecule has 0 radical (unpaired) electrons. The van der Waals surface area contributed by atoms with Crippen LogP contribution in [0.5, 0.6) is 0 Å². The molecule has 1 aliphatic rings. The largest absolute Gasteiger partial charge is 0.352 e. The Hall–Kier alpha value is -2.68. The van der Waals surface area contributed by atoms with Crippen molar-refractivity contribution >= 4 is 23.3 Å². The lowest BCUT2D eigenvalue weighted by Gasteiger charge is -2.35. The van der Waals surface area contributed by atoms with Gasteiger partial charge in [-0.05, 0) is 25.5 Å². The first-order valence-electron chi connectivity index (χ1n) is 8.67. The van der Waals surface area contributed by atoms with Gasteiger partial charge >= 0.3 is 5.69 Å². The average Bonchev–Trinajstić information content (AvgIpc) is 2.66. The third kappa shape index (κ3) is 4.19. The molecule has 27 heavy (non-hydrogen) atoms. The van der Waals surface area contributed by atoms with E-state index in [9.17, 15) is 14.4 Å². The Kier molecular flexibility index (Phi) is 5.59. The van der Waals surface area contributed by atoms with Crippen LogP contribution in [0.25, 0.3) is 0 Å². The van der Waals surface area contributed by atoms with Crippen LogP contribution in [0.4, 0.5) is 5.82 Å². The SMILES string of the molecule is Cc1[nH]c(=O)n(C)c(=O)c1CCC(=O)N1CCN(c2ccc(Cl)nn2)CC1. The summed E-state index contributed by atoms with van der Waals surface area (Å²) in [4.78, 5) is 42.8. The summed E-state index contributed by atoms with van der Waals surface area (Å²) in [5.41, 5.74) is 0.187. The van der Waals surface area contributed by atoms with Crippen molar-refractivity contribution < 1.29 is 4.79 Å². The highest BCUT2D eigenvalue weighted by molar-refractivity contribution is 6.29. The fraction of sp³-hybridized carbons (Fsp3) is 0.471. The standard InChI is InChI=1S/C17H21ClN6O3/c1-11-12(16(26)22(2)17(27)19-11)3-6-15(25)24-9-7-23(8-10-24)14-5-4-13(18)20-21-14/h4-5H,3,6-10H2,1-2H3,(H,19,27). The van der Waals surface area contributed by atoms with E-state index in [2.05, 4.69) is 20.1 Å². The van der Waals surface area contributed by atoms with E-state index >= 15 is 0 Å². The van der Waals surface area contributed by atoms with Crippen molar-refractivity contribution in [2.45, 2.75) is 19.8 Å². The van der Waals surface area contributed by atoms with Gasteiger partial charge in [0.15, 0.2) is 11.0 Å². The molecule has 1 saturated heterocycles. The molecule has 3 rings (SSSR count). The molecule has 3 heterocycles. The van der Waals surface area contributed by atoms with Crippen molar-refractivity contribution in [3.05, 3.63) is 49.4 Å². The maximum Gasteiger partial charge on any atom is 0.328 e. The zero-order valence-corrected chi connectivity index (χ0v) is 16.0. The van der Waals surface area contributed by atoms with Gasteiger partial charge in [0, 0.05) is 50.9 Å². The zero-order chi connectivity index (χ0) is 19.6. The first kappa shape index (κ1) is 19.1. The lowest BCUT2D eigenvalue weighted by Crippen LogP contribution is -2.49. The van der Waals surface area contributed by atoms with Crippen LogP contribution in [-0.2, 0) is 18.3 Å². The second-order valence-electron chi connectivity index (χ2n) is 6.48. The minimum Gasteiger partial charge on any atom is -0.352 e. The first-order valence-corrected chi connectivity index (χ1v) is 9.05. The Morgan fingerprint density at radius 2 is 1.89 bits per heavy atom. The Bertz CT molecular complexity index is 945. The second-order valence-corrected chi connectivity index (χ2v) is 6.87. The summed E-state index contributed by atoms with van der Waals surface area (Å²) in [6.07, 6.45) is 0.528. The summed E-state index contributed by atoms with van der Waals surface area (Å²) in [6, 6.07) is 3.50. The van der Waals surface area contributed by atoms with Gasteiger partial charge in [-0.1, -0.05) is 11.6 Å². The third-order valence-corrected chi connectivity index (χ3v) is 4.98. The predicted molar refractivity (Wildman–Crippen MR) is 101 cm³/mol. The number of hydrogen-bond acceptors (Lipinski definition) is 6.